The van der Waals surface area contributed by atoms with E-state index in [2.05, 4.69) is 13.5 Å². The van der Waals surface area contributed by atoms with Crippen molar-refractivity contribution in [3.63, 3.8) is 0 Å². The Bertz CT molecular complexity index is 893. The van der Waals surface area contributed by atoms with Gasteiger partial charge in [-0.05, 0) is 80.4 Å². The van der Waals surface area contributed by atoms with E-state index >= 15 is 0 Å². The van der Waals surface area contributed by atoms with Crippen molar-refractivity contribution in [1.29, 1.82) is 0 Å². The van der Waals surface area contributed by atoms with E-state index in [1.54, 1.807) is 0 Å². The molecule has 2 aliphatic carbocycles. The Kier molecular flexibility index (Phi) is 9.90. The van der Waals surface area contributed by atoms with Gasteiger partial charge in [0.1, 0.15) is 23.6 Å². The van der Waals surface area contributed by atoms with Gasteiger partial charge in [0.25, 0.3) is 0 Å². The molecule has 3 fully saturated rings. The zero-order chi connectivity index (χ0) is 27.3. The number of allylic oxidation sites excluding steroid dienone is 1. The third-order valence-corrected chi connectivity index (χ3v) is 9.12. The van der Waals surface area contributed by atoms with Gasteiger partial charge < -0.3 is 39.7 Å². The van der Waals surface area contributed by atoms with Gasteiger partial charge in [0, 0.05) is 19.8 Å². The van der Waals surface area contributed by atoms with Gasteiger partial charge >= 0.3 is 0 Å². The standard InChI is InChI=1S/C30H46O8/c1-3-5-6-18-36-30-23(15-17-32)19-22-11-10-21(14-16-31)25(33)26(29(22,35)27(30)34)38-28(30)37-24-12-8-20(7-4-2)9-13-24/h4,8-9,12-13,21-23,25-28,31-35H,2-3,5-7,10-11,14-19H2,1H3/t21-,22+,23+,25-,26+,27-,28-,29+,30+/m0/s1. The summed E-state index contributed by atoms with van der Waals surface area (Å²) in [4.78, 5) is 0. The van der Waals surface area contributed by atoms with Crippen LogP contribution in [0.1, 0.15) is 63.9 Å². The van der Waals surface area contributed by atoms with Gasteiger partial charge in [0.15, 0.2) is 5.60 Å². The molecule has 1 aliphatic heterocycles. The fraction of sp³-hybridized carbons (Fsp3) is 0.733. The first kappa shape index (κ1) is 29.5. The van der Waals surface area contributed by atoms with Crippen LogP contribution in [0.4, 0.5) is 0 Å². The maximum Gasteiger partial charge on any atom is 0.232 e. The molecule has 0 aromatic heterocycles. The van der Waals surface area contributed by atoms with Gasteiger partial charge in [-0.2, -0.15) is 0 Å². The molecule has 3 aliphatic rings. The zero-order valence-corrected chi connectivity index (χ0v) is 22.6. The van der Waals surface area contributed by atoms with Crippen LogP contribution in [0, 0.1) is 17.8 Å². The van der Waals surface area contributed by atoms with Crippen LogP contribution >= 0.6 is 0 Å². The first-order chi connectivity index (χ1) is 18.4. The fourth-order valence-electron chi connectivity index (χ4n) is 7.08. The Balaban J connectivity index is 1.76. The van der Waals surface area contributed by atoms with Gasteiger partial charge in [-0.15, -0.1) is 6.58 Å². The Morgan fingerprint density at radius 1 is 1.08 bits per heavy atom. The van der Waals surface area contributed by atoms with Crippen molar-refractivity contribution >= 4 is 0 Å². The molecule has 1 heterocycles. The summed E-state index contributed by atoms with van der Waals surface area (Å²) in [5.41, 5.74) is -2.12. The molecular weight excluding hydrogens is 488 g/mol. The topological polar surface area (TPSA) is 129 Å². The average molecular weight is 535 g/mol. The molecule has 1 saturated heterocycles. The van der Waals surface area contributed by atoms with E-state index in [9.17, 15) is 25.5 Å². The average Bonchev–Trinajstić information content (AvgIpc) is 3.01. The van der Waals surface area contributed by atoms with Crippen molar-refractivity contribution in [1.82, 2.24) is 0 Å². The predicted molar refractivity (Wildman–Crippen MR) is 143 cm³/mol. The molecule has 0 radical (unpaired) electrons. The lowest BCUT2D eigenvalue weighted by Crippen LogP contribution is -2.82. The van der Waals surface area contributed by atoms with Gasteiger partial charge in [-0.25, -0.2) is 0 Å². The maximum absolute atomic E-state index is 12.2. The lowest BCUT2D eigenvalue weighted by Gasteiger charge is -2.64. The normalized spacial score (nSPS) is 38.4. The molecule has 0 unspecified atom stereocenters. The Labute approximate surface area is 226 Å². The first-order valence-corrected chi connectivity index (χ1v) is 14.3. The van der Waals surface area contributed by atoms with Crippen molar-refractivity contribution in [3.05, 3.63) is 42.5 Å². The van der Waals surface area contributed by atoms with Crippen LogP contribution in [0.5, 0.6) is 5.75 Å². The number of hydrogen-bond donors (Lipinski definition) is 5. The minimum atomic E-state index is -1.76. The molecule has 2 saturated carbocycles. The van der Waals surface area contributed by atoms with E-state index in [0.29, 0.717) is 44.5 Å². The lowest BCUT2D eigenvalue weighted by atomic mass is 9.56. The van der Waals surface area contributed by atoms with Gasteiger partial charge in [0.2, 0.25) is 6.29 Å². The third kappa shape index (κ3) is 5.29. The smallest absolute Gasteiger partial charge is 0.232 e. The van der Waals surface area contributed by atoms with Crippen LogP contribution in [-0.2, 0) is 15.9 Å². The van der Waals surface area contributed by atoms with E-state index in [1.165, 1.54) is 0 Å². The molecule has 1 aromatic carbocycles. The van der Waals surface area contributed by atoms with Crippen LogP contribution in [0.15, 0.2) is 36.9 Å². The fourth-order valence-corrected chi connectivity index (χ4v) is 7.08. The zero-order valence-electron chi connectivity index (χ0n) is 22.6. The summed E-state index contributed by atoms with van der Waals surface area (Å²) in [5.74, 6) is -0.479. The number of unbranched alkanes of at least 4 members (excludes halogenated alkanes) is 2. The number of fused-ring (bicyclic) bond motifs is 1. The highest BCUT2D eigenvalue weighted by Crippen LogP contribution is 2.58. The van der Waals surface area contributed by atoms with Crippen LogP contribution in [0.3, 0.4) is 0 Å². The number of aliphatic hydroxyl groups is 5. The summed E-state index contributed by atoms with van der Waals surface area (Å²) < 4.78 is 19.5. The SMILES string of the molecule is C=CCc1ccc(O[C@H]2O[C@@H]3[C@@H](O)[C@H](CCO)CC[C@@H]4C[C@@H](CCO)[C@@]2(OCCCCC)[C@@H](O)[C@@]43O)cc1. The Morgan fingerprint density at radius 2 is 1.82 bits per heavy atom. The van der Waals surface area contributed by atoms with E-state index in [-0.39, 0.29) is 31.0 Å². The van der Waals surface area contributed by atoms with E-state index in [4.69, 9.17) is 14.2 Å². The minimum absolute atomic E-state index is 0.0886. The summed E-state index contributed by atoms with van der Waals surface area (Å²) in [5, 5.41) is 55.4. The quantitative estimate of drug-likeness (QED) is 0.193. The molecule has 8 heteroatoms. The highest BCUT2D eigenvalue weighted by atomic mass is 16.7. The summed E-state index contributed by atoms with van der Waals surface area (Å²) in [6.07, 6.45) is 2.90. The monoisotopic (exact) mass is 534 g/mol. The largest absolute Gasteiger partial charge is 0.462 e. The highest BCUT2D eigenvalue weighted by molar-refractivity contribution is 5.30. The van der Waals surface area contributed by atoms with Gasteiger partial charge in [0.05, 0.1) is 6.10 Å². The molecule has 5 N–H and O–H groups in total. The number of benzene rings is 1. The van der Waals surface area contributed by atoms with E-state index in [0.717, 1.165) is 31.2 Å². The number of rotatable bonds is 13. The second-order valence-corrected chi connectivity index (χ2v) is 11.3. The van der Waals surface area contributed by atoms with E-state index in [1.807, 2.05) is 30.3 Å². The number of ether oxygens (including phenoxy) is 3. The van der Waals surface area contributed by atoms with Crippen LogP contribution in [0.2, 0.25) is 0 Å². The molecule has 2 bridgehead atoms. The molecule has 38 heavy (non-hydrogen) atoms. The second-order valence-electron chi connectivity index (χ2n) is 11.3. The molecule has 9 atom stereocenters. The number of aliphatic hydroxyl groups excluding tert-OH is 4. The minimum Gasteiger partial charge on any atom is -0.462 e. The highest BCUT2D eigenvalue weighted by Gasteiger charge is 2.74. The molecule has 214 valence electrons. The van der Waals surface area contributed by atoms with Gasteiger partial charge in [-0.1, -0.05) is 38.0 Å². The molecule has 4 rings (SSSR count). The first-order valence-electron chi connectivity index (χ1n) is 14.3. The summed E-state index contributed by atoms with van der Waals surface area (Å²) in [6.45, 7) is 6.03. The Morgan fingerprint density at radius 3 is 2.47 bits per heavy atom. The second kappa shape index (κ2) is 12.8. The van der Waals surface area contributed by atoms with Crippen molar-refractivity contribution in [3.8, 4) is 5.75 Å². The summed E-state index contributed by atoms with van der Waals surface area (Å²) in [7, 11) is 0. The van der Waals surface area contributed by atoms with E-state index < -0.39 is 35.8 Å². The number of hydrogen-bond acceptors (Lipinski definition) is 8. The van der Waals surface area contributed by atoms with Crippen LogP contribution in [0.25, 0.3) is 0 Å². The van der Waals surface area contributed by atoms with Crippen molar-refractivity contribution < 1.29 is 39.7 Å². The third-order valence-electron chi connectivity index (χ3n) is 9.12. The van der Waals surface area contributed by atoms with Crippen LogP contribution < -0.4 is 4.74 Å². The van der Waals surface area contributed by atoms with Crippen molar-refractivity contribution in [2.45, 2.75) is 101 Å². The van der Waals surface area contributed by atoms with Crippen LogP contribution in [-0.4, -0.2) is 81.2 Å². The summed E-state index contributed by atoms with van der Waals surface area (Å²) in [6, 6.07) is 7.51. The van der Waals surface area contributed by atoms with Crippen molar-refractivity contribution in [2.24, 2.45) is 17.8 Å². The summed E-state index contributed by atoms with van der Waals surface area (Å²) >= 11 is 0. The predicted octanol–water partition coefficient (Wildman–Crippen LogP) is 2.73. The maximum atomic E-state index is 12.2. The molecule has 0 amide bonds. The molecular formula is C30H46O8. The Hall–Kier alpha value is -1.52. The van der Waals surface area contributed by atoms with Crippen molar-refractivity contribution in [2.75, 3.05) is 19.8 Å². The molecule has 1 aromatic rings. The lowest BCUT2D eigenvalue weighted by molar-refractivity contribution is -0.406. The molecule has 8 nitrogen and oxygen atoms in total. The molecule has 0 spiro atoms. The van der Waals surface area contributed by atoms with Gasteiger partial charge in [-0.3, -0.25) is 0 Å².